The number of benzene rings is 2. The van der Waals surface area contributed by atoms with Crippen molar-refractivity contribution in [3.05, 3.63) is 64.4 Å². The summed E-state index contributed by atoms with van der Waals surface area (Å²) >= 11 is 0. The van der Waals surface area contributed by atoms with Gasteiger partial charge in [-0.15, -0.1) is 0 Å². The number of hydrogen-bond donors (Lipinski definition) is 4. The number of ketones is 1. The fourth-order valence-corrected chi connectivity index (χ4v) is 2.38. The molecule has 4 N–H and O–H groups in total. The average molecular weight is 344 g/mol. The van der Waals surface area contributed by atoms with Gasteiger partial charge in [-0.3, -0.25) is 4.79 Å². The molecule has 2 aromatic rings. The minimum atomic E-state index is -0.496. The molecule has 0 unspecified atom stereocenters. The number of rotatable bonds is 7. The molecule has 0 aliphatic carbocycles. The molecular weight excluding hydrogens is 324 g/mol. The summed E-state index contributed by atoms with van der Waals surface area (Å²) in [5.74, 6) is -0.697. The number of aromatic hydroxyl groups is 1. The molecule has 0 radical (unpaired) electrons. The van der Waals surface area contributed by atoms with Crippen molar-refractivity contribution in [2.24, 2.45) is 0 Å². The Morgan fingerprint density at radius 1 is 1.08 bits per heavy atom. The van der Waals surface area contributed by atoms with Crippen LogP contribution in [0.25, 0.3) is 6.08 Å². The van der Waals surface area contributed by atoms with Crippen LogP contribution >= 0.6 is 0 Å². The van der Waals surface area contributed by atoms with Crippen molar-refractivity contribution >= 4 is 11.9 Å². The fourth-order valence-electron chi connectivity index (χ4n) is 2.38. The molecule has 132 valence electrons. The Balaban J connectivity index is 2.18. The maximum atomic E-state index is 12.2. The summed E-state index contributed by atoms with van der Waals surface area (Å²) in [5.41, 5.74) is 2.24. The van der Waals surface area contributed by atoms with Gasteiger partial charge < -0.3 is 25.2 Å². The molecule has 6 heteroatoms. The van der Waals surface area contributed by atoms with Crippen LogP contribution in [-0.4, -0.2) is 33.3 Å². The van der Waals surface area contributed by atoms with Crippen LogP contribution in [-0.2, 0) is 24.4 Å². The fraction of sp³-hybridized carbons (Fsp3) is 0.211. The number of hydrogen-bond acceptors (Lipinski definition) is 6. The molecule has 0 saturated heterocycles. The smallest absolute Gasteiger partial charge is 0.201 e. The van der Waals surface area contributed by atoms with E-state index in [0.29, 0.717) is 22.3 Å². The monoisotopic (exact) mass is 344 g/mol. The third kappa shape index (κ3) is 4.59. The van der Waals surface area contributed by atoms with Gasteiger partial charge in [-0.25, -0.2) is 0 Å². The summed E-state index contributed by atoms with van der Waals surface area (Å²) in [5, 5.41) is 38.0. The zero-order valence-electron chi connectivity index (χ0n) is 13.8. The number of aliphatic hydroxyl groups excluding tert-OH is 3. The molecule has 2 rings (SSSR count). The molecule has 0 atom stereocenters. The van der Waals surface area contributed by atoms with Gasteiger partial charge in [0.05, 0.1) is 20.3 Å². The number of phenolic OH excluding ortho intramolecular Hbond substituents is 1. The lowest BCUT2D eigenvalue weighted by Crippen LogP contribution is -2.06. The highest BCUT2D eigenvalue weighted by molar-refractivity contribution is 5.98. The SMILES string of the molecule is COc1cc(CC(=O)/C(O)=C/c2ccc(CO)c(CO)c2)ccc1O. The Labute approximate surface area is 145 Å². The summed E-state index contributed by atoms with van der Waals surface area (Å²) in [6.45, 7) is -0.451. The highest BCUT2D eigenvalue weighted by Crippen LogP contribution is 2.26. The van der Waals surface area contributed by atoms with Crippen LogP contribution in [0.3, 0.4) is 0 Å². The van der Waals surface area contributed by atoms with Crippen molar-refractivity contribution in [3.8, 4) is 11.5 Å². The molecule has 0 spiro atoms. The molecule has 0 saturated carbocycles. The van der Waals surface area contributed by atoms with Crippen molar-refractivity contribution < 1.29 is 30.0 Å². The van der Waals surface area contributed by atoms with Gasteiger partial charge in [-0.05, 0) is 46.5 Å². The van der Waals surface area contributed by atoms with E-state index in [1.54, 1.807) is 24.3 Å². The summed E-state index contributed by atoms with van der Waals surface area (Å²) in [4.78, 5) is 12.2. The Morgan fingerprint density at radius 3 is 2.44 bits per heavy atom. The minimum absolute atomic E-state index is 0.0287. The van der Waals surface area contributed by atoms with Crippen LogP contribution in [0.5, 0.6) is 11.5 Å². The predicted molar refractivity (Wildman–Crippen MR) is 92.3 cm³/mol. The van der Waals surface area contributed by atoms with E-state index in [9.17, 15) is 25.2 Å². The zero-order valence-corrected chi connectivity index (χ0v) is 13.8. The number of aliphatic hydroxyl groups is 3. The van der Waals surface area contributed by atoms with Gasteiger partial charge in [-0.2, -0.15) is 0 Å². The lowest BCUT2D eigenvalue weighted by Gasteiger charge is -2.07. The highest BCUT2D eigenvalue weighted by Gasteiger charge is 2.12. The van der Waals surface area contributed by atoms with Gasteiger partial charge in [0.1, 0.15) is 0 Å². The highest BCUT2D eigenvalue weighted by atomic mass is 16.5. The predicted octanol–water partition coefficient (Wildman–Crippen LogP) is 2.10. The van der Waals surface area contributed by atoms with Gasteiger partial charge in [0, 0.05) is 6.42 Å². The number of carbonyl (C=O) groups excluding carboxylic acids is 1. The number of carbonyl (C=O) groups is 1. The van der Waals surface area contributed by atoms with Crippen LogP contribution in [0.2, 0.25) is 0 Å². The average Bonchev–Trinajstić information content (AvgIpc) is 2.62. The first-order valence-corrected chi connectivity index (χ1v) is 7.61. The minimum Gasteiger partial charge on any atom is -0.504 e. The molecule has 0 fully saturated rings. The van der Waals surface area contributed by atoms with Crippen molar-refractivity contribution in [1.29, 1.82) is 0 Å². The number of ether oxygens (including phenoxy) is 1. The lowest BCUT2D eigenvalue weighted by atomic mass is 10.0. The number of allylic oxidation sites excluding steroid dienone is 1. The maximum Gasteiger partial charge on any atom is 0.201 e. The third-order valence-corrected chi connectivity index (χ3v) is 3.77. The first-order valence-electron chi connectivity index (χ1n) is 7.61. The van der Waals surface area contributed by atoms with E-state index >= 15 is 0 Å². The summed E-state index contributed by atoms with van der Waals surface area (Å²) in [6.07, 6.45) is 1.25. The van der Waals surface area contributed by atoms with Gasteiger partial charge in [0.15, 0.2) is 17.3 Å². The lowest BCUT2D eigenvalue weighted by molar-refractivity contribution is -0.117. The second kappa shape index (κ2) is 8.32. The van der Waals surface area contributed by atoms with Crippen molar-refractivity contribution in [2.75, 3.05) is 7.11 Å². The van der Waals surface area contributed by atoms with Gasteiger partial charge in [-0.1, -0.05) is 18.2 Å². The number of phenols is 1. The van der Waals surface area contributed by atoms with Gasteiger partial charge in [0.2, 0.25) is 5.78 Å². The van der Waals surface area contributed by atoms with Crippen molar-refractivity contribution in [3.63, 3.8) is 0 Å². The summed E-state index contributed by atoms with van der Waals surface area (Å²) < 4.78 is 4.99. The third-order valence-electron chi connectivity index (χ3n) is 3.77. The molecule has 0 heterocycles. The topological polar surface area (TPSA) is 107 Å². The Kier molecular flexibility index (Phi) is 6.16. The number of Topliss-reactive ketones (excluding diaryl/α,β-unsaturated/α-hetero) is 1. The second-order valence-electron chi connectivity index (χ2n) is 5.48. The van der Waals surface area contributed by atoms with Gasteiger partial charge in [0.25, 0.3) is 0 Å². The molecule has 25 heavy (non-hydrogen) atoms. The van der Waals surface area contributed by atoms with E-state index in [1.165, 1.54) is 25.3 Å². The van der Waals surface area contributed by atoms with Crippen LogP contribution in [0.4, 0.5) is 0 Å². The summed E-state index contributed by atoms with van der Waals surface area (Å²) in [7, 11) is 1.41. The molecule has 2 aromatic carbocycles. The zero-order chi connectivity index (χ0) is 18.4. The first kappa shape index (κ1) is 18.5. The Morgan fingerprint density at radius 2 is 1.80 bits per heavy atom. The van der Waals surface area contributed by atoms with E-state index in [1.807, 2.05) is 0 Å². The molecule has 0 amide bonds. The second-order valence-corrected chi connectivity index (χ2v) is 5.48. The Bertz CT molecular complexity index is 794. The van der Waals surface area contributed by atoms with Crippen LogP contribution in [0.15, 0.2) is 42.2 Å². The normalized spacial score (nSPS) is 11.4. The van der Waals surface area contributed by atoms with Crippen LogP contribution in [0.1, 0.15) is 22.3 Å². The molecule has 0 bridgehead atoms. The van der Waals surface area contributed by atoms with E-state index < -0.39 is 11.5 Å². The van der Waals surface area contributed by atoms with E-state index in [4.69, 9.17) is 4.74 Å². The van der Waals surface area contributed by atoms with Crippen LogP contribution in [0, 0.1) is 0 Å². The first-order chi connectivity index (χ1) is 12.0. The standard InChI is InChI=1S/C19H20O6/c1-25-19-9-13(3-5-16(19)22)8-18(24)17(23)7-12-2-4-14(10-20)15(6-12)11-21/h2-7,9,20-23H,8,10-11H2,1H3/b17-7-. The molecule has 0 aliphatic rings. The molecule has 6 nitrogen and oxygen atoms in total. The van der Waals surface area contributed by atoms with Crippen molar-refractivity contribution in [1.82, 2.24) is 0 Å². The molecular formula is C19H20O6. The quantitative estimate of drug-likeness (QED) is 0.453. The Hall–Kier alpha value is -2.83. The van der Waals surface area contributed by atoms with E-state index in [0.717, 1.165) is 0 Å². The maximum absolute atomic E-state index is 12.2. The van der Waals surface area contributed by atoms with Crippen molar-refractivity contribution in [2.45, 2.75) is 19.6 Å². The number of methoxy groups -OCH3 is 1. The van der Waals surface area contributed by atoms with Crippen LogP contribution < -0.4 is 4.74 Å². The van der Waals surface area contributed by atoms with E-state index in [-0.39, 0.29) is 31.1 Å². The van der Waals surface area contributed by atoms with E-state index in [2.05, 4.69) is 0 Å². The molecule has 0 aromatic heterocycles. The molecule has 0 aliphatic heterocycles. The summed E-state index contributed by atoms with van der Waals surface area (Å²) in [6, 6.07) is 9.38. The largest absolute Gasteiger partial charge is 0.504 e. The van der Waals surface area contributed by atoms with Gasteiger partial charge >= 0.3 is 0 Å².